The molecule has 2 aromatic carbocycles. The number of hydrogen-bond donors (Lipinski definition) is 1. The number of H-pyrrole nitrogens is 1. The predicted molar refractivity (Wildman–Crippen MR) is 112 cm³/mol. The van der Waals surface area contributed by atoms with E-state index in [4.69, 9.17) is 4.52 Å². The second kappa shape index (κ2) is 8.14. The minimum Gasteiger partial charge on any atom is -0.350 e. The first-order valence-electron chi connectivity index (χ1n) is 10.2. The molecule has 4 aromatic rings. The Morgan fingerprint density at radius 2 is 1.94 bits per heavy atom. The van der Waals surface area contributed by atoms with E-state index in [0.717, 1.165) is 24.2 Å². The summed E-state index contributed by atoms with van der Waals surface area (Å²) in [6, 6.07) is 17.4. The van der Waals surface area contributed by atoms with Crippen molar-refractivity contribution in [2.24, 2.45) is 0 Å². The lowest BCUT2D eigenvalue weighted by Gasteiger charge is -2.30. The third-order valence-electron chi connectivity index (χ3n) is 5.47. The van der Waals surface area contributed by atoms with Gasteiger partial charge in [0.15, 0.2) is 5.82 Å². The van der Waals surface area contributed by atoms with Crippen LogP contribution in [0.15, 0.2) is 65.2 Å². The molecule has 1 amide bonds. The summed E-state index contributed by atoms with van der Waals surface area (Å²) in [5.74, 6) is 1.02. The number of aromatic nitrogens is 4. The van der Waals surface area contributed by atoms with Gasteiger partial charge in [-0.3, -0.25) is 9.89 Å². The van der Waals surface area contributed by atoms with Crippen LogP contribution in [0.5, 0.6) is 0 Å². The zero-order chi connectivity index (χ0) is 21.2. The highest BCUT2D eigenvalue weighted by atomic mass is 19.1. The Morgan fingerprint density at radius 3 is 2.77 bits per heavy atom. The summed E-state index contributed by atoms with van der Waals surface area (Å²) in [6.07, 6.45) is 1.76. The van der Waals surface area contributed by atoms with E-state index in [1.165, 1.54) is 12.1 Å². The van der Waals surface area contributed by atoms with Crippen LogP contribution < -0.4 is 0 Å². The van der Waals surface area contributed by atoms with Crippen LogP contribution in [-0.2, 0) is 0 Å². The van der Waals surface area contributed by atoms with Crippen molar-refractivity contribution in [2.45, 2.75) is 18.8 Å². The van der Waals surface area contributed by atoms with Crippen molar-refractivity contribution in [2.75, 3.05) is 13.1 Å². The molecule has 0 bridgehead atoms. The number of amides is 1. The zero-order valence-corrected chi connectivity index (χ0v) is 16.7. The lowest BCUT2D eigenvalue weighted by Crippen LogP contribution is -2.39. The average molecular weight is 417 g/mol. The lowest BCUT2D eigenvalue weighted by atomic mass is 9.97. The SMILES string of the molecule is O=C(c1cc(-c2cccc(F)c2)no1)N1CCCC(c2nc(-c3ccccc3)n[nH]2)C1. The summed E-state index contributed by atoms with van der Waals surface area (Å²) >= 11 is 0. The number of carbonyl (C=O) groups is 1. The summed E-state index contributed by atoms with van der Waals surface area (Å²) < 4.78 is 18.8. The molecule has 1 fully saturated rings. The number of likely N-dealkylation sites (tertiary alicyclic amines) is 1. The highest BCUT2D eigenvalue weighted by Crippen LogP contribution is 2.28. The molecule has 1 N–H and O–H groups in total. The van der Waals surface area contributed by atoms with Crippen molar-refractivity contribution in [1.82, 2.24) is 25.2 Å². The molecule has 3 heterocycles. The molecule has 0 saturated carbocycles. The molecular weight excluding hydrogens is 397 g/mol. The van der Waals surface area contributed by atoms with E-state index in [-0.39, 0.29) is 23.4 Å². The molecule has 1 aliphatic rings. The van der Waals surface area contributed by atoms with E-state index in [1.54, 1.807) is 23.1 Å². The molecule has 0 aliphatic carbocycles. The Kier molecular flexibility index (Phi) is 5.03. The van der Waals surface area contributed by atoms with Gasteiger partial charge in [0.2, 0.25) is 5.76 Å². The van der Waals surface area contributed by atoms with Gasteiger partial charge in [-0.1, -0.05) is 47.6 Å². The minimum atomic E-state index is -0.367. The maximum absolute atomic E-state index is 13.5. The molecule has 1 saturated heterocycles. The number of nitrogens with one attached hydrogen (secondary N) is 1. The summed E-state index contributed by atoms with van der Waals surface area (Å²) in [6.45, 7) is 1.14. The number of rotatable bonds is 4. The number of hydrogen-bond acceptors (Lipinski definition) is 5. The van der Waals surface area contributed by atoms with E-state index in [9.17, 15) is 9.18 Å². The van der Waals surface area contributed by atoms with E-state index in [1.807, 2.05) is 30.3 Å². The smallest absolute Gasteiger partial charge is 0.292 e. The van der Waals surface area contributed by atoms with Gasteiger partial charge in [-0.15, -0.1) is 0 Å². The van der Waals surface area contributed by atoms with Crippen molar-refractivity contribution in [3.63, 3.8) is 0 Å². The maximum Gasteiger partial charge on any atom is 0.292 e. The van der Waals surface area contributed by atoms with Gasteiger partial charge in [0.05, 0.1) is 0 Å². The molecule has 5 rings (SSSR count). The Labute approximate surface area is 177 Å². The molecule has 2 aromatic heterocycles. The molecular formula is C23H20FN5O2. The summed E-state index contributed by atoms with van der Waals surface area (Å²) in [5, 5.41) is 11.3. The van der Waals surface area contributed by atoms with Crippen LogP contribution in [0, 0.1) is 5.82 Å². The standard InChI is InChI=1S/C23H20FN5O2/c24-18-10-4-8-16(12-18)19-13-20(31-28-19)23(30)29-11-5-9-17(14-29)22-25-21(26-27-22)15-6-2-1-3-7-15/h1-4,6-8,10,12-13,17H,5,9,11,14H2,(H,25,26,27). The third kappa shape index (κ3) is 3.96. The lowest BCUT2D eigenvalue weighted by molar-refractivity contribution is 0.0662. The zero-order valence-electron chi connectivity index (χ0n) is 16.7. The van der Waals surface area contributed by atoms with Gasteiger partial charge < -0.3 is 9.42 Å². The highest BCUT2D eigenvalue weighted by molar-refractivity contribution is 5.92. The topological polar surface area (TPSA) is 87.9 Å². The molecule has 1 unspecified atom stereocenters. The predicted octanol–water partition coefficient (Wildman–Crippen LogP) is 4.29. The molecule has 0 radical (unpaired) electrons. The molecule has 31 heavy (non-hydrogen) atoms. The first-order chi connectivity index (χ1) is 15.2. The number of halogens is 1. The molecule has 1 aliphatic heterocycles. The van der Waals surface area contributed by atoms with Crippen LogP contribution in [0.4, 0.5) is 4.39 Å². The summed E-state index contributed by atoms with van der Waals surface area (Å²) in [4.78, 5) is 19.4. The minimum absolute atomic E-state index is 0.0632. The molecule has 156 valence electrons. The Bertz CT molecular complexity index is 1200. The molecule has 1 atom stereocenters. The molecule has 7 nitrogen and oxygen atoms in total. The van der Waals surface area contributed by atoms with Crippen molar-refractivity contribution in [3.05, 3.63) is 78.1 Å². The van der Waals surface area contributed by atoms with Gasteiger partial charge >= 0.3 is 0 Å². The van der Waals surface area contributed by atoms with Gasteiger partial charge in [-0.05, 0) is 25.0 Å². The molecule has 8 heteroatoms. The van der Waals surface area contributed by atoms with Crippen molar-refractivity contribution < 1.29 is 13.7 Å². The maximum atomic E-state index is 13.5. The monoisotopic (exact) mass is 417 g/mol. The summed E-state index contributed by atoms with van der Waals surface area (Å²) in [7, 11) is 0. The van der Waals surface area contributed by atoms with Gasteiger partial charge in [0, 0.05) is 36.2 Å². The van der Waals surface area contributed by atoms with Crippen LogP contribution in [0.1, 0.15) is 35.1 Å². The van der Waals surface area contributed by atoms with Crippen LogP contribution >= 0.6 is 0 Å². The number of carbonyl (C=O) groups excluding carboxylic acids is 1. The van der Waals surface area contributed by atoms with E-state index in [2.05, 4.69) is 20.3 Å². The van der Waals surface area contributed by atoms with Gasteiger partial charge in [0.25, 0.3) is 5.91 Å². The van der Waals surface area contributed by atoms with Crippen LogP contribution in [0.3, 0.4) is 0 Å². The van der Waals surface area contributed by atoms with Crippen molar-refractivity contribution in [3.8, 4) is 22.6 Å². The number of piperidine rings is 1. The normalized spacial score (nSPS) is 16.4. The summed E-state index contributed by atoms with van der Waals surface area (Å²) in [5.41, 5.74) is 1.94. The molecule has 0 spiro atoms. The van der Waals surface area contributed by atoms with E-state index < -0.39 is 0 Å². The quantitative estimate of drug-likeness (QED) is 0.535. The fraction of sp³-hybridized carbons (Fsp3) is 0.217. The van der Waals surface area contributed by atoms with E-state index >= 15 is 0 Å². The number of aromatic amines is 1. The fourth-order valence-corrected chi connectivity index (χ4v) is 3.87. The number of benzene rings is 2. The van der Waals surface area contributed by atoms with Crippen LogP contribution in [0.2, 0.25) is 0 Å². The van der Waals surface area contributed by atoms with Gasteiger partial charge in [-0.2, -0.15) is 5.10 Å². The Hall–Kier alpha value is -3.81. The second-order valence-corrected chi connectivity index (χ2v) is 7.59. The first kappa shape index (κ1) is 19.2. The van der Waals surface area contributed by atoms with Gasteiger partial charge in [0.1, 0.15) is 17.3 Å². The van der Waals surface area contributed by atoms with Crippen molar-refractivity contribution >= 4 is 5.91 Å². The fourth-order valence-electron chi connectivity index (χ4n) is 3.87. The van der Waals surface area contributed by atoms with Crippen LogP contribution in [0.25, 0.3) is 22.6 Å². The highest BCUT2D eigenvalue weighted by Gasteiger charge is 2.29. The average Bonchev–Trinajstić information content (AvgIpc) is 3.50. The number of nitrogens with zero attached hydrogens (tertiary/aromatic N) is 4. The van der Waals surface area contributed by atoms with Gasteiger partial charge in [-0.25, -0.2) is 9.37 Å². The second-order valence-electron chi connectivity index (χ2n) is 7.59. The largest absolute Gasteiger partial charge is 0.350 e. The van der Waals surface area contributed by atoms with E-state index in [0.29, 0.717) is 30.2 Å². The first-order valence-corrected chi connectivity index (χ1v) is 10.2. The third-order valence-corrected chi connectivity index (χ3v) is 5.47. The Morgan fingerprint density at radius 1 is 1.10 bits per heavy atom. The van der Waals surface area contributed by atoms with Crippen LogP contribution in [-0.4, -0.2) is 44.2 Å². The Balaban J connectivity index is 1.31. The van der Waals surface area contributed by atoms with Crippen molar-refractivity contribution in [1.29, 1.82) is 0 Å².